The van der Waals surface area contributed by atoms with Gasteiger partial charge in [-0.2, -0.15) is 0 Å². The summed E-state index contributed by atoms with van der Waals surface area (Å²) in [6.07, 6.45) is 2.50. The number of allylic oxidation sites excluding steroid dienone is 1. The van der Waals surface area contributed by atoms with E-state index in [-0.39, 0.29) is 17.4 Å². The number of benzene rings is 1. The van der Waals surface area contributed by atoms with E-state index in [1.54, 1.807) is 37.3 Å². The molecule has 0 unspecified atom stereocenters. The molecule has 0 amide bonds. The third-order valence-electron chi connectivity index (χ3n) is 3.86. The molecule has 146 valence electrons. The normalized spacial score (nSPS) is 17.9. The number of thioether (sulfide) groups is 1. The quantitative estimate of drug-likeness (QED) is 0.544. The number of aryl methyl sites for hydroxylation is 1. The average Bonchev–Trinajstić information content (AvgIpc) is 3.25. The van der Waals surface area contributed by atoms with Gasteiger partial charge in [0.1, 0.15) is 21.7 Å². The van der Waals surface area contributed by atoms with E-state index < -0.39 is 11.9 Å². The van der Waals surface area contributed by atoms with Crippen LogP contribution >= 0.6 is 23.1 Å². The minimum Gasteiger partial charge on any atom is -0.482 e. The number of carbonyl (C=O) groups is 2. The van der Waals surface area contributed by atoms with E-state index in [0.717, 1.165) is 28.8 Å². The molecule has 1 aromatic heterocycles. The highest BCUT2D eigenvalue weighted by atomic mass is 32.2. The minimum absolute atomic E-state index is 0.128. The van der Waals surface area contributed by atoms with Gasteiger partial charge in [-0.15, -0.1) is 21.5 Å². The molecule has 0 aliphatic carbocycles. The number of ether oxygens (including phenoxy) is 2. The zero-order valence-electron chi connectivity index (χ0n) is 15.4. The van der Waals surface area contributed by atoms with Crippen molar-refractivity contribution in [1.29, 1.82) is 5.41 Å². The fraction of sp³-hybridized carbons (Fsp3) is 0.316. The Hall–Kier alpha value is -2.52. The van der Waals surface area contributed by atoms with Crippen LogP contribution < -0.4 is 4.74 Å². The number of nitrogens with one attached hydrogen (secondary N) is 1. The van der Waals surface area contributed by atoms with E-state index in [4.69, 9.17) is 14.9 Å². The van der Waals surface area contributed by atoms with Crippen LogP contribution in [0.5, 0.6) is 5.75 Å². The molecule has 1 atom stereocenters. The fourth-order valence-corrected chi connectivity index (χ4v) is 4.45. The molecule has 7 nitrogen and oxygen atoms in total. The van der Waals surface area contributed by atoms with Gasteiger partial charge in [-0.3, -0.25) is 10.2 Å². The van der Waals surface area contributed by atoms with E-state index in [9.17, 15) is 9.59 Å². The lowest BCUT2D eigenvalue weighted by molar-refractivity contribution is -0.145. The van der Waals surface area contributed by atoms with Crippen molar-refractivity contribution in [2.45, 2.75) is 26.2 Å². The predicted octanol–water partition coefficient (Wildman–Crippen LogP) is 3.46. The summed E-state index contributed by atoms with van der Waals surface area (Å²) in [7, 11) is 0. The van der Waals surface area contributed by atoms with Crippen molar-refractivity contribution >= 4 is 46.0 Å². The van der Waals surface area contributed by atoms with Gasteiger partial charge in [0.2, 0.25) is 0 Å². The second kappa shape index (κ2) is 9.11. The second-order valence-corrected chi connectivity index (χ2v) is 8.00. The van der Waals surface area contributed by atoms with Crippen molar-refractivity contribution in [2.24, 2.45) is 0 Å². The Morgan fingerprint density at radius 1 is 1.25 bits per heavy atom. The van der Waals surface area contributed by atoms with E-state index in [1.807, 2.05) is 6.92 Å². The third kappa shape index (κ3) is 4.66. The Morgan fingerprint density at radius 3 is 2.64 bits per heavy atom. The van der Waals surface area contributed by atoms with Gasteiger partial charge < -0.3 is 9.47 Å². The zero-order valence-corrected chi connectivity index (χ0v) is 17.1. The first-order valence-corrected chi connectivity index (χ1v) is 10.4. The van der Waals surface area contributed by atoms with Gasteiger partial charge in [0.15, 0.2) is 12.4 Å². The average molecular weight is 418 g/mol. The van der Waals surface area contributed by atoms with Crippen LogP contribution in [0.25, 0.3) is 6.08 Å². The van der Waals surface area contributed by atoms with E-state index in [0.29, 0.717) is 22.3 Å². The molecule has 1 fully saturated rings. The largest absolute Gasteiger partial charge is 0.482 e. The first kappa shape index (κ1) is 20.2. The summed E-state index contributed by atoms with van der Waals surface area (Å²) in [6, 6.07) is 7.02. The lowest BCUT2D eigenvalue weighted by Gasteiger charge is -2.06. The molecule has 28 heavy (non-hydrogen) atoms. The molecular weight excluding hydrogens is 398 g/mol. The molecule has 0 spiro atoms. The molecule has 1 saturated heterocycles. The number of hydrogen-bond acceptors (Lipinski definition) is 9. The van der Waals surface area contributed by atoms with E-state index in [2.05, 4.69) is 10.2 Å². The van der Waals surface area contributed by atoms with Gasteiger partial charge in [-0.25, -0.2) is 4.79 Å². The van der Waals surface area contributed by atoms with Crippen LogP contribution in [0.15, 0.2) is 29.2 Å². The number of aromatic nitrogens is 2. The maximum atomic E-state index is 12.8. The van der Waals surface area contributed by atoms with Crippen molar-refractivity contribution in [3.63, 3.8) is 0 Å². The Morgan fingerprint density at radius 2 is 2.00 bits per heavy atom. The highest BCUT2D eigenvalue weighted by Gasteiger charge is 2.39. The number of nitrogens with zero attached hydrogens (tertiary/aromatic N) is 2. The second-order valence-electron chi connectivity index (χ2n) is 5.82. The minimum atomic E-state index is -0.652. The van der Waals surface area contributed by atoms with Crippen LogP contribution in [0.1, 0.15) is 35.3 Å². The highest BCUT2D eigenvalue weighted by Crippen LogP contribution is 2.41. The van der Waals surface area contributed by atoms with Crippen molar-refractivity contribution in [2.75, 3.05) is 13.2 Å². The monoisotopic (exact) mass is 417 g/mol. The molecule has 2 aromatic rings. The van der Waals surface area contributed by atoms with Gasteiger partial charge >= 0.3 is 5.97 Å². The maximum Gasteiger partial charge on any atom is 0.344 e. The van der Waals surface area contributed by atoms with Crippen molar-refractivity contribution in [1.82, 2.24) is 10.2 Å². The number of esters is 1. The van der Waals surface area contributed by atoms with Gasteiger partial charge in [-0.1, -0.05) is 30.8 Å². The topological polar surface area (TPSA) is 102 Å². The van der Waals surface area contributed by atoms with Gasteiger partial charge in [-0.05, 0) is 37.1 Å². The van der Waals surface area contributed by atoms with E-state index in [1.165, 1.54) is 11.3 Å². The summed E-state index contributed by atoms with van der Waals surface area (Å²) in [5, 5.41) is 18.0. The Labute approximate surface area is 170 Å². The Bertz CT molecular complexity index is 922. The van der Waals surface area contributed by atoms with Crippen molar-refractivity contribution < 1.29 is 19.1 Å². The van der Waals surface area contributed by atoms with Crippen molar-refractivity contribution in [3.05, 3.63) is 44.7 Å². The van der Waals surface area contributed by atoms with Gasteiger partial charge in [0.05, 0.1) is 16.6 Å². The number of Topliss-reactive ketones (excluding diaryl/α,β-unsaturated/α-hetero) is 1. The van der Waals surface area contributed by atoms with Gasteiger partial charge in [0.25, 0.3) is 0 Å². The Kier molecular flexibility index (Phi) is 6.58. The molecule has 1 aliphatic rings. The van der Waals surface area contributed by atoms with Crippen LogP contribution in [0.3, 0.4) is 0 Å². The number of hydrogen-bond donors (Lipinski definition) is 1. The molecule has 0 radical (unpaired) electrons. The fourth-order valence-electron chi connectivity index (χ4n) is 2.50. The first-order chi connectivity index (χ1) is 13.5. The van der Waals surface area contributed by atoms with Crippen molar-refractivity contribution in [3.8, 4) is 5.75 Å². The lowest BCUT2D eigenvalue weighted by atomic mass is 10.1. The molecule has 1 aromatic carbocycles. The molecule has 0 saturated carbocycles. The number of rotatable bonds is 7. The Balaban J connectivity index is 1.69. The molecule has 0 bridgehead atoms. The maximum absolute atomic E-state index is 12.8. The summed E-state index contributed by atoms with van der Waals surface area (Å²) in [6.45, 7) is 3.88. The summed E-state index contributed by atoms with van der Waals surface area (Å²) in [4.78, 5) is 24.6. The smallest absolute Gasteiger partial charge is 0.344 e. The van der Waals surface area contributed by atoms with Crippen LogP contribution in [0, 0.1) is 5.41 Å². The van der Waals surface area contributed by atoms with Crippen LogP contribution in [0.4, 0.5) is 0 Å². The molecule has 1 aliphatic heterocycles. The third-order valence-corrected chi connectivity index (χ3v) is 5.99. The summed E-state index contributed by atoms with van der Waals surface area (Å²) < 4.78 is 10.2. The molecular formula is C19H19N3O4S2. The lowest BCUT2D eigenvalue weighted by Crippen LogP contribution is -2.14. The number of carbonyl (C=O) groups excluding carboxylic acids is 2. The molecule has 2 heterocycles. The highest BCUT2D eigenvalue weighted by molar-refractivity contribution is 8.19. The molecule has 3 rings (SSSR count). The molecule has 9 heteroatoms. The standard InChI is InChI=1S/C19H19N3O4S2/c1-3-14-21-22-19(28-14)16-17(24)13(27-18(16)20)9-11-5-7-12(8-6-11)26-10-15(23)25-4-2/h5-9,16,20H,3-4,10H2,1-2H3/b13-9-,20-18?/t16-/m0/s1. The summed E-state index contributed by atoms with van der Waals surface area (Å²) in [5.41, 5.74) is 0.805. The first-order valence-electron chi connectivity index (χ1n) is 8.74. The van der Waals surface area contributed by atoms with Crippen LogP contribution in [-0.4, -0.2) is 40.2 Å². The molecule has 1 N–H and O–H groups in total. The zero-order chi connectivity index (χ0) is 20.1. The van der Waals surface area contributed by atoms with Crippen LogP contribution in [0.2, 0.25) is 0 Å². The predicted molar refractivity (Wildman–Crippen MR) is 109 cm³/mol. The SMILES string of the molecule is CCOC(=O)COc1ccc(/C=C2\SC(=N)[C@@H](c3nnc(CC)s3)C2=O)cc1. The summed E-state index contributed by atoms with van der Waals surface area (Å²) >= 11 is 2.53. The van der Waals surface area contributed by atoms with E-state index >= 15 is 0 Å². The summed E-state index contributed by atoms with van der Waals surface area (Å²) in [5.74, 6) is -0.668. The number of ketones is 1. The van der Waals surface area contributed by atoms with Gasteiger partial charge in [0, 0.05) is 0 Å². The van der Waals surface area contributed by atoms with Crippen LogP contribution in [-0.2, 0) is 20.7 Å².